The molecular weight excluding hydrogens is 270 g/mol. The molecule has 1 atom stereocenters. The lowest BCUT2D eigenvalue weighted by Crippen LogP contribution is -2.34. The van der Waals surface area contributed by atoms with E-state index in [2.05, 4.69) is 26.1 Å². The Kier molecular flexibility index (Phi) is 5.58. The Morgan fingerprint density at radius 2 is 2.00 bits per heavy atom. The first-order chi connectivity index (χ1) is 9.60. The van der Waals surface area contributed by atoms with Crippen molar-refractivity contribution in [2.24, 2.45) is 5.41 Å². The summed E-state index contributed by atoms with van der Waals surface area (Å²) in [6.45, 7) is 10.2. The summed E-state index contributed by atoms with van der Waals surface area (Å²) in [6, 6.07) is 0.0312. The van der Waals surface area contributed by atoms with Crippen molar-refractivity contribution in [2.45, 2.75) is 59.9 Å². The first-order valence-corrected chi connectivity index (χ1v) is 7.20. The zero-order valence-corrected chi connectivity index (χ0v) is 13.4. The largest absolute Gasteiger partial charge is 0.481 e. The van der Waals surface area contributed by atoms with Gasteiger partial charge in [0.05, 0.1) is 11.8 Å². The third-order valence-corrected chi connectivity index (χ3v) is 3.29. The van der Waals surface area contributed by atoms with E-state index in [9.17, 15) is 9.59 Å². The number of amides is 1. The normalized spacial score (nSPS) is 13.0. The van der Waals surface area contributed by atoms with Crippen molar-refractivity contribution < 1.29 is 19.1 Å². The van der Waals surface area contributed by atoms with Crippen LogP contribution in [0, 0.1) is 12.3 Å². The van der Waals surface area contributed by atoms with Crippen LogP contribution in [0.1, 0.15) is 62.2 Å². The monoisotopic (exact) mass is 295 g/mol. The number of hydrogen-bond acceptors (Lipinski definition) is 3. The molecular formula is C16H25NO4. The average molecular weight is 295 g/mol. The third kappa shape index (κ3) is 5.61. The molecule has 0 aliphatic heterocycles. The number of carbonyl (C=O) groups is 2. The van der Waals surface area contributed by atoms with Crippen LogP contribution in [0.25, 0.3) is 0 Å². The van der Waals surface area contributed by atoms with E-state index in [1.807, 2.05) is 6.92 Å². The second kappa shape index (κ2) is 6.78. The van der Waals surface area contributed by atoms with Gasteiger partial charge in [0.1, 0.15) is 12.2 Å². The summed E-state index contributed by atoms with van der Waals surface area (Å²) >= 11 is 0. The highest BCUT2D eigenvalue weighted by Crippen LogP contribution is 2.22. The van der Waals surface area contributed by atoms with Crippen LogP contribution in [-0.2, 0) is 11.2 Å². The molecule has 0 aromatic carbocycles. The number of carbonyl (C=O) groups excluding carboxylic acids is 1. The number of aliphatic carboxylic acids is 1. The first kappa shape index (κ1) is 17.3. The van der Waals surface area contributed by atoms with Crippen molar-refractivity contribution in [2.75, 3.05) is 0 Å². The van der Waals surface area contributed by atoms with Crippen LogP contribution in [0.15, 0.2) is 10.7 Å². The highest BCUT2D eigenvalue weighted by atomic mass is 16.4. The Balaban J connectivity index is 2.71. The van der Waals surface area contributed by atoms with E-state index in [-0.39, 0.29) is 29.5 Å². The average Bonchev–Trinajstić information content (AvgIpc) is 2.66. The topological polar surface area (TPSA) is 79.5 Å². The Labute approximate surface area is 125 Å². The Morgan fingerprint density at radius 1 is 1.38 bits per heavy atom. The molecule has 1 unspecified atom stereocenters. The maximum absolute atomic E-state index is 12.3. The maximum Gasteiger partial charge on any atom is 0.311 e. The van der Waals surface area contributed by atoms with Crippen molar-refractivity contribution in [3.8, 4) is 0 Å². The summed E-state index contributed by atoms with van der Waals surface area (Å²) in [7, 11) is 0. The molecule has 5 nitrogen and oxygen atoms in total. The van der Waals surface area contributed by atoms with Crippen LogP contribution in [0.2, 0.25) is 0 Å². The lowest BCUT2D eigenvalue weighted by molar-refractivity contribution is -0.136. The molecule has 0 bridgehead atoms. The minimum atomic E-state index is -1.01. The van der Waals surface area contributed by atoms with E-state index in [4.69, 9.17) is 9.52 Å². The fourth-order valence-corrected chi connectivity index (χ4v) is 2.09. The molecule has 0 saturated carbocycles. The zero-order chi connectivity index (χ0) is 16.2. The molecule has 21 heavy (non-hydrogen) atoms. The van der Waals surface area contributed by atoms with Crippen molar-refractivity contribution >= 4 is 11.9 Å². The smallest absolute Gasteiger partial charge is 0.311 e. The van der Waals surface area contributed by atoms with Crippen molar-refractivity contribution in [3.63, 3.8) is 0 Å². The highest BCUT2D eigenvalue weighted by Gasteiger charge is 2.22. The van der Waals surface area contributed by atoms with Crippen LogP contribution in [0.5, 0.6) is 0 Å². The predicted octanol–water partition coefficient (Wildman–Crippen LogP) is 3.16. The Morgan fingerprint density at radius 3 is 2.52 bits per heavy atom. The molecule has 0 saturated heterocycles. The lowest BCUT2D eigenvalue weighted by Gasteiger charge is -2.21. The number of nitrogens with one attached hydrogen (secondary N) is 1. The van der Waals surface area contributed by atoms with Crippen LogP contribution in [0.4, 0.5) is 0 Å². The number of hydrogen-bond donors (Lipinski definition) is 2. The summed E-state index contributed by atoms with van der Waals surface area (Å²) in [5.41, 5.74) is 1.23. The van der Waals surface area contributed by atoms with Crippen molar-refractivity contribution in [1.29, 1.82) is 0 Å². The first-order valence-electron chi connectivity index (χ1n) is 7.20. The number of aryl methyl sites for hydroxylation is 1. The van der Waals surface area contributed by atoms with Crippen LogP contribution >= 0.6 is 0 Å². The van der Waals surface area contributed by atoms with Gasteiger partial charge in [0.25, 0.3) is 5.91 Å². The molecule has 0 fully saturated rings. The van der Waals surface area contributed by atoms with Gasteiger partial charge in [0.15, 0.2) is 0 Å². The molecule has 5 heteroatoms. The fraction of sp³-hybridized carbons (Fsp3) is 0.625. The van der Waals surface area contributed by atoms with Gasteiger partial charge in [-0.3, -0.25) is 9.59 Å². The van der Waals surface area contributed by atoms with Gasteiger partial charge in [0.2, 0.25) is 0 Å². The van der Waals surface area contributed by atoms with E-state index in [0.29, 0.717) is 11.1 Å². The van der Waals surface area contributed by atoms with Gasteiger partial charge in [0, 0.05) is 11.6 Å². The zero-order valence-electron chi connectivity index (χ0n) is 13.4. The van der Waals surface area contributed by atoms with Gasteiger partial charge in [-0.1, -0.05) is 20.8 Å². The van der Waals surface area contributed by atoms with Gasteiger partial charge >= 0.3 is 5.97 Å². The van der Waals surface area contributed by atoms with Gasteiger partial charge in [-0.2, -0.15) is 0 Å². The minimum Gasteiger partial charge on any atom is -0.481 e. The van der Waals surface area contributed by atoms with Crippen LogP contribution < -0.4 is 5.32 Å². The van der Waals surface area contributed by atoms with E-state index >= 15 is 0 Å². The van der Waals surface area contributed by atoms with Crippen LogP contribution in [-0.4, -0.2) is 23.0 Å². The molecule has 1 rings (SSSR count). The summed E-state index contributed by atoms with van der Waals surface area (Å²) in [5.74, 6) is -1.07. The Bertz CT molecular complexity index is 511. The van der Waals surface area contributed by atoms with Gasteiger partial charge < -0.3 is 14.8 Å². The standard InChI is InChI=1S/C16H25NO4/c1-10-9-21-12(8-13(18)19)14(10)15(20)17-11(2)6-7-16(3,4)5/h9,11H,6-8H2,1-5H3,(H,17,20)(H,18,19). The quantitative estimate of drug-likeness (QED) is 0.845. The fourth-order valence-electron chi connectivity index (χ4n) is 2.09. The maximum atomic E-state index is 12.3. The van der Waals surface area contributed by atoms with E-state index in [0.717, 1.165) is 12.8 Å². The lowest BCUT2D eigenvalue weighted by atomic mass is 9.89. The molecule has 1 heterocycles. The van der Waals surface area contributed by atoms with E-state index in [1.54, 1.807) is 6.92 Å². The van der Waals surface area contributed by atoms with E-state index in [1.165, 1.54) is 6.26 Å². The SMILES string of the molecule is Cc1coc(CC(=O)O)c1C(=O)NC(C)CCC(C)(C)C. The van der Waals surface area contributed by atoms with Crippen molar-refractivity contribution in [3.05, 3.63) is 23.2 Å². The Hall–Kier alpha value is -1.78. The molecule has 0 aliphatic carbocycles. The number of rotatable bonds is 6. The molecule has 118 valence electrons. The molecule has 0 spiro atoms. The summed E-state index contributed by atoms with van der Waals surface area (Å²) in [4.78, 5) is 23.1. The number of carboxylic acid groups (broad SMARTS) is 1. The van der Waals surface area contributed by atoms with Crippen molar-refractivity contribution in [1.82, 2.24) is 5.32 Å². The van der Waals surface area contributed by atoms with Gasteiger partial charge in [-0.25, -0.2) is 0 Å². The molecule has 1 aromatic heterocycles. The minimum absolute atomic E-state index is 0.0312. The highest BCUT2D eigenvalue weighted by molar-refractivity contribution is 5.97. The number of carboxylic acids is 1. The molecule has 1 aromatic rings. The summed E-state index contributed by atoms with van der Waals surface area (Å²) in [6.07, 6.45) is 3.02. The predicted molar refractivity (Wildman–Crippen MR) is 80.4 cm³/mol. The molecule has 0 radical (unpaired) electrons. The van der Waals surface area contributed by atoms with Crippen LogP contribution in [0.3, 0.4) is 0 Å². The summed E-state index contributed by atoms with van der Waals surface area (Å²) in [5, 5.41) is 11.8. The second-order valence-corrected chi connectivity index (χ2v) is 6.76. The molecule has 0 aliphatic rings. The molecule has 1 amide bonds. The van der Waals surface area contributed by atoms with Gasteiger partial charge in [-0.05, 0) is 32.1 Å². The third-order valence-electron chi connectivity index (χ3n) is 3.29. The second-order valence-electron chi connectivity index (χ2n) is 6.76. The van der Waals surface area contributed by atoms with Gasteiger partial charge in [-0.15, -0.1) is 0 Å². The summed E-state index contributed by atoms with van der Waals surface area (Å²) < 4.78 is 5.18. The number of furan rings is 1. The molecule has 2 N–H and O–H groups in total. The van der Waals surface area contributed by atoms with E-state index < -0.39 is 5.97 Å².